The van der Waals surface area contributed by atoms with E-state index in [0.29, 0.717) is 10.2 Å². The van der Waals surface area contributed by atoms with E-state index in [-0.39, 0.29) is 0 Å². The number of nitrogens with one attached hydrogen (secondary N) is 1. The Morgan fingerprint density at radius 2 is 2.20 bits per heavy atom. The molecule has 3 nitrogen and oxygen atoms in total. The molecule has 1 heterocycles. The van der Waals surface area contributed by atoms with Gasteiger partial charge in [-0.25, -0.2) is 0 Å². The Labute approximate surface area is 95.6 Å². The molecule has 4 heteroatoms. The summed E-state index contributed by atoms with van der Waals surface area (Å²) in [7, 11) is 1.61. The van der Waals surface area contributed by atoms with Crippen LogP contribution in [0, 0.1) is 6.92 Å². The van der Waals surface area contributed by atoms with Crippen LogP contribution in [-0.2, 0) is 0 Å². The van der Waals surface area contributed by atoms with Crippen LogP contribution in [0.15, 0.2) is 16.7 Å². The fraction of sp³-hybridized carbons (Fsp3) is 0.182. The van der Waals surface area contributed by atoms with Gasteiger partial charge in [-0.3, -0.25) is 4.79 Å². The number of halogens is 1. The number of benzene rings is 1. The predicted octanol–water partition coefficient (Wildman–Crippen LogP) is 3.06. The van der Waals surface area contributed by atoms with Crippen molar-refractivity contribution in [2.45, 2.75) is 6.92 Å². The molecule has 0 unspecified atom stereocenters. The molecule has 2 aromatic rings. The van der Waals surface area contributed by atoms with E-state index in [0.717, 1.165) is 28.5 Å². The minimum atomic E-state index is 0.631. The topological polar surface area (TPSA) is 42.1 Å². The molecule has 0 aliphatic rings. The number of aldehydes is 1. The number of methoxy groups -OCH3 is 1. The largest absolute Gasteiger partial charge is 0.497 e. The Balaban J connectivity index is 2.86. The minimum absolute atomic E-state index is 0.631. The number of aromatic amines is 1. The molecular formula is C11H10BrNO2. The van der Waals surface area contributed by atoms with Gasteiger partial charge >= 0.3 is 0 Å². The van der Waals surface area contributed by atoms with Crippen molar-refractivity contribution in [2.75, 3.05) is 7.11 Å². The first-order valence-electron chi connectivity index (χ1n) is 4.48. The van der Waals surface area contributed by atoms with E-state index in [4.69, 9.17) is 4.74 Å². The fourth-order valence-electron chi connectivity index (χ4n) is 1.66. The average Bonchev–Trinajstić information content (AvgIpc) is 2.54. The van der Waals surface area contributed by atoms with Crippen molar-refractivity contribution in [3.05, 3.63) is 27.9 Å². The van der Waals surface area contributed by atoms with Gasteiger partial charge in [-0.15, -0.1) is 0 Å². The van der Waals surface area contributed by atoms with Gasteiger partial charge in [0, 0.05) is 5.39 Å². The van der Waals surface area contributed by atoms with Crippen LogP contribution in [0.4, 0.5) is 0 Å². The van der Waals surface area contributed by atoms with Gasteiger partial charge < -0.3 is 9.72 Å². The summed E-state index contributed by atoms with van der Waals surface area (Å²) in [5.74, 6) is 0.759. The number of aromatic nitrogens is 1. The zero-order valence-electron chi connectivity index (χ0n) is 8.43. The normalized spacial score (nSPS) is 10.6. The van der Waals surface area contributed by atoms with Gasteiger partial charge in [0.1, 0.15) is 5.75 Å². The summed E-state index contributed by atoms with van der Waals surface area (Å²) in [6, 6.07) is 3.78. The second kappa shape index (κ2) is 3.70. The van der Waals surface area contributed by atoms with Gasteiger partial charge in [-0.2, -0.15) is 0 Å². The van der Waals surface area contributed by atoms with Gasteiger partial charge in [0.25, 0.3) is 0 Å². The molecule has 0 saturated carbocycles. The highest BCUT2D eigenvalue weighted by atomic mass is 79.9. The highest BCUT2D eigenvalue weighted by molar-refractivity contribution is 9.10. The van der Waals surface area contributed by atoms with Crippen molar-refractivity contribution in [1.29, 1.82) is 0 Å². The van der Waals surface area contributed by atoms with Crippen LogP contribution < -0.4 is 4.74 Å². The van der Waals surface area contributed by atoms with E-state index in [1.165, 1.54) is 0 Å². The Hall–Kier alpha value is -1.29. The van der Waals surface area contributed by atoms with Crippen LogP contribution in [0.2, 0.25) is 0 Å². The lowest BCUT2D eigenvalue weighted by Gasteiger charge is -2.02. The zero-order valence-corrected chi connectivity index (χ0v) is 10.0. The van der Waals surface area contributed by atoms with Gasteiger partial charge in [0.2, 0.25) is 0 Å². The number of H-pyrrole nitrogens is 1. The summed E-state index contributed by atoms with van der Waals surface area (Å²) in [4.78, 5) is 14.0. The van der Waals surface area contributed by atoms with E-state index in [2.05, 4.69) is 20.9 Å². The Bertz CT molecular complexity index is 531. The van der Waals surface area contributed by atoms with Crippen LogP contribution in [0.5, 0.6) is 5.75 Å². The SMILES string of the molecule is COc1cc(C)c2[nH]c(Br)c(C=O)c2c1. The highest BCUT2D eigenvalue weighted by Crippen LogP contribution is 2.30. The summed E-state index contributed by atoms with van der Waals surface area (Å²) in [5, 5.41) is 0.883. The maximum absolute atomic E-state index is 10.9. The summed E-state index contributed by atoms with van der Waals surface area (Å²) in [5.41, 5.74) is 2.65. The first kappa shape index (κ1) is 10.2. The molecule has 0 aliphatic carbocycles. The number of fused-ring (bicyclic) bond motifs is 1. The highest BCUT2D eigenvalue weighted by Gasteiger charge is 2.11. The van der Waals surface area contributed by atoms with E-state index in [9.17, 15) is 4.79 Å². The first-order valence-corrected chi connectivity index (χ1v) is 5.27. The molecule has 2 rings (SSSR count). The standard InChI is InChI=1S/C11H10BrNO2/c1-6-3-7(15-2)4-8-9(5-14)11(12)13-10(6)8/h3-5,13H,1-2H3. The molecular weight excluding hydrogens is 258 g/mol. The van der Waals surface area contributed by atoms with E-state index in [1.807, 2.05) is 19.1 Å². The van der Waals surface area contributed by atoms with Crippen LogP contribution in [-0.4, -0.2) is 18.4 Å². The second-order valence-corrected chi connectivity index (χ2v) is 4.13. The lowest BCUT2D eigenvalue weighted by Crippen LogP contribution is -1.85. The van der Waals surface area contributed by atoms with E-state index >= 15 is 0 Å². The monoisotopic (exact) mass is 267 g/mol. The second-order valence-electron chi connectivity index (χ2n) is 3.34. The number of carbonyl (C=O) groups excluding carboxylic acids is 1. The molecule has 78 valence electrons. The molecule has 0 bridgehead atoms. The third-order valence-corrected chi connectivity index (χ3v) is 3.05. The van der Waals surface area contributed by atoms with Gasteiger partial charge in [-0.1, -0.05) is 0 Å². The summed E-state index contributed by atoms with van der Waals surface area (Å²) < 4.78 is 5.88. The minimum Gasteiger partial charge on any atom is -0.497 e. The molecule has 0 radical (unpaired) electrons. The fourth-order valence-corrected chi connectivity index (χ4v) is 2.17. The van der Waals surface area contributed by atoms with Gasteiger partial charge in [0.05, 0.1) is 22.8 Å². The Morgan fingerprint density at radius 3 is 2.80 bits per heavy atom. The summed E-state index contributed by atoms with van der Waals surface area (Å²) in [6.07, 6.45) is 0.835. The predicted molar refractivity (Wildman–Crippen MR) is 62.7 cm³/mol. The molecule has 15 heavy (non-hydrogen) atoms. The Morgan fingerprint density at radius 1 is 1.47 bits per heavy atom. The van der Waals surface area contributed by atoms with E-state index < -0.39 is 0 Å². The number of aryl methyl sites for hydroxylation is 1. The maximum Gasteiger partial charge on any atom is 0.153 e. The van der Waals surface area contributed by atoms with Crippen LogP contribution in [0.1, 0.15) is 15.9 Å². The number of hydrogen-bond acceptors (Lipinski definition) is 2. The average molecular weight is 268 g/mol. The number of hydrogen-bond donors (Lipinski definition) is 1. The lowest BCUT2D eigenvalue weighted by molar-refractivity contribution is 0.112. The molecule has 1 aromatic heterocycles. The number of ether oxygens (including phenoxy) is 1. The van der Waals surface area contributed by atoms with Crippen molar-refractivity contribution >= 4 is 33.1 Å². The molecule has 0 fully saturated rings. The molecule has 0 atom stereocenters. The van der Waals surface area contributed by atoms with Gasteiger partial charge in [-0.05, 0) is 40.5 Å². The van der Waals surface area contributed by atoms with E-state index in [1.54, 1.807) is 7.11 Å². The Kier molecular flexibility index (Phi) is 2.52. The van der Waals surface area contributed by atoms with Crippen LogP contribution in [0.25, 0.3) is 10.9 Å². The molecule has 1 N–H and O–H groups in total. The summed E-state index contributed by atoms with van der Waals surface area (Å²) >= 11 is 3.32. The van der Waals surface area contributed by atoms with Crippen LogP contribution in [0.3, 0.4) is 0 Å². The molecule has 0 saturated heterocycles. The van der Waals surface area contributed by atoms with Gasteiger partial charge in [0.15, 0.2) is 6.29 Å². The summed E-state index contributed by atoms with van der Waals surface area (Å²) in [6.45, 7) is 1.97. The third kappa shape index (κ3) is 1.55. The van der Waals surface area contributed by atoms with Crippen molar-refractivity contribution in [1.82, 2.24) is 4.98 Å². The quantitative estimate of drug-likeness (QED) is 0.850. The number of rotatable bonds is 2. The molecule has 0 aliphatic heterocycles. The molecule has 1 aromatic carbocycles. The van der Waals surface area contributed by atoms with Crippen molar-refractivity contribution in [3.8, 4) is 5.75 Å². The van der Waals surface area contributed by atoms with Crippen molar-refractivity contribution < 1.29 is 9.53 Å². The van der Waals surface area contributed by atoms with Crippen LogP contribution >= 0.6 is 15.9 Å². The smallest absolute Gasteiger partial charge is 0.153 e. The lowest BCUT2D eigenvalue weighted by atomic mass is 10.1. The third-order valence-electron chi connectivity index (χ3n) is 2.42. The van der Waals surface area contributed by atoms with Crippen molar-refractivity contribution in [3.63, 3.8) is 0 Å². The first-order chi connectivity index (χ1) is 7.17. The maximum atomic E-state index is 10.9. The number of carbonyl (C=O) groups is 1. The molecule has 0 amide bonds. The van der Waals surface area contributed by atoms with Crippen molar-refractivity contribution in [2.24, 2.45) is 0 Å². The molecule has 0 spiro atoms. The zero-order chi connectivity index (χ0) is 11.0.